The van der Waals surface area contributed by atoms with Crippen LogP contribution in [-0.2, 0) is 16.0 Å². The van der Waals surface area contributed by atoms with Crippen LogP contribution in [0.1, 0.15) is 32.8 Å². The lowest BCUT2D eigenvalue weighted by atomic mass is 9.98. The Morgan fingerprint density at radius 1 is 1.26 bits per heavy atom. The minimum atomic E-state index is -0.535. The van der Waals surface area contributed by atoms with Gasteiger partial charge in [-0.2, -0.15) is 0 Å². The molecule has 4 heteroatoms. The topological polar surface area (TPSA) is 52.3 Å². The van der Waals surface area contributed by atoms with E-state index in [1.807, 2.05) is 51.1 Å². The molecule has 1 atom stereocenters. The minimum Gasteiger partial charge on any atom is -0.464 e. The fourth-order valence-electron chi connectivity index (χ4n) is 1.48. The molecule has 0 unspecified atom stereocenters. The number of aryl methyl sites for hydroxylation is 1. The summed E-state index contributed by atoms with van der Waals surface area (Å²) in [4.78, 5) is 11.7. The highest BCUT2D eigenvalue weighted by Crippen LogP contribution is 2.13. The summed E-state index contributed by atoms with van der Waals surface area (Å²) in [7, 11) is 0. The van der Waals surface area contributed by atoms with Crippen molar-refractivity contribution in [2.75, 3.05) is 6.61 Å². The maximum atomic E-state index is 11.7. The second-order valence-electron chi connectivity index (χ2n) is 5.80. The zero-order chi connectivity index (χ0) is 13.6. The first-order valence-corrected chi connectivity index (χ1v) is 6.34. The lowest BCUT2D eigenvalue weighted by molar-refractivity contribution is -0.148. The average molecular weight is 286 g/mol. The molecule has 108 valence electrons. The minimum absolute atomic E-state index is 0. The number of esters is 1. The molecule has 0 heterocycles. The zero-order valence-electron chi connectivity index (χ0n) is 11.9. The van der Waals surface area contributed by atoms with Crippen molar-refractivity contribution in [2.24, 2.45) is 11.1 Å². The normalized spacial score (nSPS) is 12.4. The third-order valence-corrected chi connectivity index (χ3v) is 2.54. The Morgan fingerprint density at radius 3 is 2.37 bits per heavy atom. The molecule has 0 radical (unpaired) electrons. The van der Waals surface area contributed by atoms with Crippen molar-refractivity contribution in [3.05, 3.63) is 35.9 Å². The van der Waals surface area contributed by atoms with Crippen molar-refractivity contribution < 1.29 is 9.53 Å². The summed E-state index contributed by atoms with van der Waals surface area (Å²) in [6.07, 6.45) is 1.42. The second-order valence-corrected chi connectivity index (χ2v) is 5.80. The van der Waals surface area contributed by atoms with E-state index in [0.29, 0.717) is 13.0 Å². The summed E-state index contributed by atoms with van der Waals surface area (Å²) in [5.74, 6) is -0.305. The summed E-state index contributed by atoms with van der Waals surface area (Å²) in [6, 6.07) is 9.48. The molecule has 0 fully saturated rings. The molecule has 1 aromatic carbocycles. The third-order valence-electron chi connectivity index (χ3n) is 2.54. The molecule has 0 aliphatic rings. The maximum Gasteiger partial charge on any atom is 0.322 e. The van der Waals surface area contributed by atoms with Crippen molar-refractivity contribution in [1.82, 2.24) is 0 Å². The van der Waals surface area contributed by atoms with Crippen LogP contribution in [-0.4, -0.2) is 18.6 Å². The molecule has 0 spiro atoms. The summed E-state index contributed by atoms with van der Waals surface area (Å²) in [5.41, 5.74) is 6.99. The van der Waals surface area contributed by atoms with E-state index in [2.05, 4.69) is 0 Å². The predicted molar refractivity (Wildman–Crippen MR) is 80.4 cm³/mol. The first kappa shape index (κ1) is 17.9. The molecule has 0 saturated heterocycles. The molecule has 0 aliphatic heterocycles. The van der Waals surface area contributed by atoms with Crippen LogP contribution in [0.2, 0.25) is 0 Å². The van der Waals surface area contributed by atoms with Crippen LogP contribution < -0.4 is 5.73 Å². The highest BCUT2D eigenvalue weighted by Gasteiger charge is 2.18. The van der Waals surface area contributed by atoms with E-state index in [1.165, 1.54) is 5.56 Å². The SMILES string of the molecule is CC(C)(C)COC(=O)[C@@H](N)CCc1ccccc1.Cl. The quantitative estimate of drug-likeness (QED) is 0.846. The Kier molecular flexibility index (Phi) is 7.72. The van der Waals surface area contributed by atoms with Crippen molar-refractivity contribution in [3.8, 4) is 0 Å². The number of ether oxygens (including phenoxy) is 1. The summed E-state index contributed by atoms with van der Waals surface area (Å²) in [5, 5.41) is 0. The Hall–Kier alpha value is -1.06. The Morgan fingerprint density at radius 2 is 1.84 bits per heavy atom. The van der Waals surface area contributed by atoms with Crippen LogP contribution in [0.25, 0.3) is 0 Å². The lowest BCUT2D eigenvalue weighted by Gasteiger charge is -2.19. The molecule has 0 saturated carbocycles. The van der Waals surface area contributed by atoms with Gasteiger partial charge in [0, 0.05) is 0 Å². The van der Waals surface area contributed by atoms with E-state index in [4.69, 9.17) is 10.5 Å². The van der Waals surface area contributed by atoms with E-state index in [-0.39, 0.29) is 23.8 Å². The molecule has 0 bridgehead atoms. The predicted octanol–water partition coefficient (Wildman–Crippen LogP) is 2.96. The summed E-state index contributed by atoms with van der Waals surface area (Å²) in [6.45, 7) is 6.48. The maximum absolute atomic E-state index is 11.7. The number of hydrogen-bond acceptors (Lipinski definition) is 3. The standard InChI is InChI=1S/C15H23NO2.ClH/c1-15(2,3)11-18-14(17)13(16)10-9-12-7-5-4-6-8-12;/h4-8,13H,9-11,16H2,1-3H3;1H/t13-;/m0./s1. The van der Waals surface area contributed by atoms with Crippen LogP contribution in [0.4, 0.5) is 0 Å². The van der Waals surface area contributed by atoms with E-state index < -0.39 is 6.04 Å². The summed E-state index contributed by atoms with van der Waals surface area (Å²) < 4.78 is 5.19. The number of halogens is 1. The van der Waals surface area contributed by atoms with Crippen molar-refractivity contribution in [2.45, 2.75) is 39.7 Å². The van der Waals surface area contributed by atoms with Crippen LogP contribution in [0, 0.1) is 5.41 Å². The van der Waals surface area contributed by atoms with Crippen molar-refractivity contribution >= 4 is 18.4 Å². The van der Waals surface area contributed by atoms with Crippen molar-refractivity contribution in [1.29, 1.82) is 0 Å². The largest absolute Gasteiger partial charge is 0.464 e. The molecule has 0 aliphatic carbocycles. The number of benzene rings is 1. The zero-order valence-corrected chi connectivity index (χ0v) is 12.7. The molecule has 1 aromatic rings. The fourth-order valence-corrected chi connectivity index (χ4v) is 1.48. The fraction of sp³-hybridized carbons (Fsp3) is 0.533. The first-order valence-electron chi connectivity index (χ1n) is 6.34. The van der Waals surface area contributed by atoms with Gasteiger partial charge in [0.2, 0.25) is 0 Å². The van der Waals surface area contributed by atoms with E-state index in [9.17, 15) is 4.79 Å². The number of hydrogen-bond donors (Lipinski definition) is 1. The molecule has 1 rings (SSSR count). The average Bonchev–Trinajstić information content (AvgIpc) is 2.33. The molecule has 3 nitrogen and oxygen atoms in total. The van der Waals surface area contributed by atoms with E-state index in [1.54, 1.807) is 0 Å². The highest BCUT2D eigenvalue weighted by atomic mass is 35.5. The van der Waals surface area contributed by atoms with Gasteiger partial charge in [-0.3, -0.25) is 4.79 Å². The highest BCUT2D eigenvalue weighted by molar-refractivity contribution is 5.85. The monoisotopic (exact) mass is 285 g/mol. The lowest BCUT2D eigenvalue weighted by Crippen LogP contribution is -2.34. The van der Waals surface area contributed by atoms with Gasteiger partial charge in [-0.05, 0) is 23.8 Å². The Labute approximate surface area is 121 Å². The van der Waals surface area contributed by atoms with Gasteiger partial charge in [-0.15, -0.1) is 12.4 Å². The molecular formula is C15H24ClNO2. The molecular weight excluding hydrogens is 262 g/mol. The number of rotatable bonds is 5. The van der Waals surface area contributed by atoms with Gasteiger partial charge < -0.3 is 10.5 Å². The van der Waals surface area contributed by atoms with Gasteiger partial charge in [-0.25, -0.2) is 0 Å². The van der Waals surface area contributed by atoms with Crippen LogP contribution in [0.15, 0.2) is 30.3 Å². The Balaban J connectivity index is 0.00000324. The van der Waals surface area contributed by atoms with Gasteiger partial charge in [-0.1, -0.05) is 51.1 Å². The van der Waals surface area contributed by atoms with E-state index in [0.717, 1.165) is 6.42 Å². The molecule has 19 heavy (non-hydrogen) atoms. The van der Waals surface area contributed by atoms with Gasteiger partial charge in [0.05, 0.1) is 6.61 Å². The van der Waals surface area contributed by atoms with Gasteiger partial charge in [0.25, 0.3) is 0 Å². The first-order chi connectivity index (χ1) is 8.38. The van der Waals surface area contributed by atoms with Gasteiger partial charge in [0.15, 0.2) is 0 Å². The van der Waals surface area contributed by atoms with Gasteiger partial charge in [0.1, 0.15) is 6.04 Å². The van der Waals surface area contributed by atoms with Crippen LogP contribution in [0.5, 0.6) is 0 Å². The molecule has 0 amide bonds. The number of carbonyl (C=O) groups is 1. The van der Waals surface area contributed by atoms with Gasteiger partial charge >= 0.3 is 5.97 Å². The van der Waals surface area contributed by atoms with Crippen LogP contribution >= 0.6 is 12.4 Å². The Bertz CT molecular complexity index is 373. The summed E-state index contributed by atoms with van der Waals surface area (Å²) >= 11 is 0. The smallest absolute Gasteiger partial charge is 0.322 e. The van der Waals surface area contributed by atoms with Crippen molar-refractivity contribution in [3.63, 3.8) is 0 Å². The molecule has 0 aromatic heterocycles. The van der Waals surface area contributed by atoms with E-state index >= 15 is 0 Å². The second kappa shape index (κ2) is 8.18. The molecule has 2 N–H and O–H groups in total. The number of carbonyl (C=O) groups excluding carboxylic acids is 1. The third kappa shape index (κ3) is 7.85. The number of nitrogens with two attached hydrogens (primary N) is 1. The van der Waals surface area contributed by atoms with Crippen LogP contribution in [0.3, 0.4) is 0 Å².